The predicted molar refractivity (Wildman–Crippen MR) is 92.8 cm³/mol. The van der Waals surface area contributed by atoms with Crippen molar-refractivity contribution in [1.29, 1.82) is 0 Å². The van der Waals surface area contributed by atoms with Crippen molar-refractivity contribution in [3.8, 4) is 0 Å². The SMILES string of the molecule is C=C1CS[C@@H]2C(NC(=O)CSc3ccccc3)C(=O)N2C1C(=O)O. The van der Waals surface area contributed by atoms with Crippen molar-refractivity contribution < 1.29 is 19.5 Å². The molecule has 2 aliphatic heterocycles. The molecular weight excluding hydrogens is 348 g/mol. The van der Waals surface area contributed by atoms with Crippen LogP contribution in [0.25, 0.3) is 0 Å². The van der Waals surface area contributed by atoms with Gasteiger partial charge in [-0.05, 0) is 17.7 Å². The van der Waals surface area contributed by atoms with Crippen LogP contribution in [0.15, 0.2) is 47.4 Å². The number of carbonyl (C=O) groups is 3. The summed E-state index contributed by atoms with van der Waals surface area (Å²) < 4.78 is 0. The number of nitrogens with zero attached hydrogens (tertiary/aromatic N) is 1. The van der Waals surface area contributed by atoms with Gasteiger partial charge in [-0.25, -0.2) is 4.79 Å². The average molecular weight is 364 g/mol. The molecular formula is C16H16N2O4S2. The molecule has 2 heterocycles. The standard InChI is InChI=1S/C16H16N2O4S2/c1-9-7-24-15-12(14(20)18(15)13(9)16(21)22)17-11(19)8-23-10-5-3-2-4-6-10/h2-6,12-13,15H,1,7-8H2,(H,17,19)(H,21,22)/t12?,13?,15-/m1/s1. The summed E-state index contributed by atoms with van der Waals surface area (Å²) >= 11 is 2.82. The largest absolute Gasteiger partial charge is 0.479 e. The highest BCUT2D eigenvalue weighted by Gasteiger charge is 2.56. The summed E-state index contributed by atoms with van der Waals surface area (Å²) in [4.78, 5) is 37.9. The molecule has 0 bridgehead atoms. The summed E-state index contributed by atoms with van der Waals surface area (Å²) in [7, 11) is 0. The molecule has 2 saturated heterocycles. The molecule has 0 aromatic heterocycles. The van der Waals surface area contributed by atoms with E-state index in [1.54, 1.807) is 0 Å². The van der Waals surface area contributed by atoms with Crippen molar-refractivity contribution in [2.45, 2.75) is 22.4 Å². The van der Waals surface area contributed by atoms with Crippen LogP contribution in [-0.4, -0.2) is 56.8 Å². The number of hydrogen-bond acceptors (Lipinski definition) is 5. The van der Waals surface area contributed by atoms with Crippen LogP contribution >= 0.6 is 23.5 Å². The van der Waals surface area contributed by atoms with Gasteiger partial charge in [-0.1, -0.05) is 24.8 Å². The molecule has 1 aromatic rings. The summed E-state index contributed by atoms with van der Waals surface area (Å²) in [5, 5.41) is 11.6. The van der Waals surface area contributed by atoms with E-state index in [0.29, 0.717) is 11.3 Å². The maximum absolute atomic E-state index is 12.3. The van der Waals surface area contributed by atoms with Gasteiger partial charge < -0.3 is 15.3 Å². The van der Waals surface area contributed by atoms with Crippen molar-refractivity contribution in [2.75, 3.05) is 11.5 Å². The van der Waals surface area contributed by atoms with Crippen molar-refractivity contribution in [3.63, 3.8) is 0 Å². The molecule has 0 saturated carbocycles. The molecule has 3 rings (SSSR count). The molecule has 0 spiro atoms. The third-order valence-electron chi connectivity index (χ3n) is 3.85. The highest BCUT2D eigenvalue weighted by atomic mass is 32.2. The Morgan fingerprint density at radius 2 is 2.08 bits per heavy atom. The zero-order valence-corrected chi connectivity index (χ0v) is 14.3. The van der Waals surface area contributed by atoms with Gasteiger partial charge in [0.2, 0.25) is 11.8 Å². The van der Waals surface area contributed by atoms with E-state index in [0.717, 1.165) is 4.90 Å². The lowest BCUT2D eigenvalue weighted by Crippen LogP contribution is -2.74. The lowest BCUT2D eigenvalue weighted by molar-refractivity contribution is -0.160. The van der Waals surface area contributed by atoms with Gasteiger partial charge >= 0.3 is 5.97 Å². The van der Waals surface area contributed by atoms with E-state index in [-0.39, 0.29) is 22.9 Å². The molecule has 0 radical (unpaired) electrons. The lowest BCUT2D eigenvalue weighted by atomic mass is 9.99. The number of carbonyl (C=O) groups excluding carboxylic acids is 2. The summed E-state index contributed by atoms with van der Waals surface area (Å²) in [5.41, 5.74) is 0.501. The molecule has 2 N–H and O–H groups in total. The predicted octanol–water partition coefficient (Wildman–Crippen LogP) is 1.19. The second kappa shape index (κ2) is 6.90. The van der Waals surface area contributed by atoms with Gasteiger partial charge in [-0.3, -0.25) is 9.59 Å². The molecule has 0 aliphatic carbocycles. The first kappa shape index (κ1) is 16.9. The second-order valence-corrected chi connectivity index (χ2v) is 7.65. The van der Waals surface area contributed by atoms with E-state index in [9.17, 15) is 19.5 Å². The monoisotopic (exact) mass is 364 g/mol. The van der Waals surface area contributed by atoms with Crippen molar-refractivity contribution >= 4 is 41.3 Å². The Morgan fingerprint density at radius 3 is 2.75 bits per heavy atom. The molecule has 126 valence electrons. The molecule has 2 amide bonds. The number of thioether (sulfide) groups is 2. The van der Waals surface area contributed by atoms with E-state index in [4.69, 9.17) is 0 Å². The second-order valence-electron chi connectivity index (χ2n) is 5.49. The molecule has 2 unspecified atom stereocenters. The van der Waals surface area contributed by atoms with E-state index in [1.807, 2.05) is 30.3 Å². The van der Waals surface area contributed by atoms with Crippen LogP contribution in [0, 0.1) is 0 Å². The number of amides is 2. The maximum atomic E-state index is 12.3. The van der Waals surface area contributed by atoms with Crippen LogP contribution in [0.2, 0.25) is 0 Å². The first-order chi connectivity index (χ1) is 11.5. The third-order valence-corrected chi connectivity index (χ3v) is 6.24. The van der Waals surface area contributed by atoms with Crippen molar-refractivity contribution in [1.82, 2.24) is 10.2 Å². The molecule has 6 nitrogen and oxygen atoms in total. The van der Waals surface area contributed by atoms with E-state index in [1.165, 1.54) is 28.4 Å². The summed E-state index contributed by atoms with van der Waals surface area (Å²) in [6, 6.07) is 7.86. The normalized spacial score (nSPS) is 25.7. The Bertz CT molecular complexity index is 695. The maximum Gasteiger partial charge on any atom is 0.330 e. The zero-order chi connectivity index (χ0) is 17.3. The number of fused-ring (bicyclic) bond motifs is 1. The fourth-order valence-corrected chi connectivity index (χ4v) is 4.75. The van der Waals surface area contributed by atoms with Gasteiger partial charge in [0.05, 0.1) is 5.75 Å². The number of β-lactam (4-membered cyclic amide) rings is 1. The fraction of sp³-hybridized carbons (Fsp3) is 0.312. The van der Waals surface area contributed by atoms with Gasteiger partial charge in [-0.2, -0.15) is 0 Å². The smallest absolute Gasteiger partial charge is 0.330 e. The lowest BCUT2D eigenvalue weighted by Gasteiger charge is -2.52. The Hall–Kier alpha value is -1.93. The van der Waals surface area contributed by atoms with Gasteiger partial charge in [0, 0.05) is 10.6 Å². The summed E-state index contributed by atoms with van der Waals surface area (Å²) in [6.45, 7) is 3.73. The first-order valence-electron chi connectivity index (χ1n) is 7.30. The van der Waals surface area contributed by atoms with Crippen LogP contribution in [0.3, 0.4) is 0 Å². The minimum absolute atomic E-state index is 0.209. The Balaban J connectivity index is 1.57. The van der Waals surface area contributed by atoms with Crippen molar-refractivity contribution in [3.05, 3.63) is 42.5 Å². The number of nitrogens with one attached hydrogen (secondary N) is 1. The van der Waals surface area contributed by atoms with Gasteiger partial charge in [0.25, 0.3) is 0 Å². The quantitative estimate of drug-likeness (QED) is 0.464. The number of aliphatic carboxylic acids is 1. The molecule has 24 heavy (non-hydrogen) atoms. The van der Waals surface area contributed by atoms with E-state index in [2.05, 4.69) is 11.9 Å². The topological polar surface area (TPSA) is 86.7 Å². The fourth-order valence-electron chi connectivity index (χ4n) is 2.71. The van der Waals surface area contributed by atoms with Gasteiger partial charge in [0.1, 0.15) is 11.4 Å². The number of carboxylic acid groups (broad SMARTS) is 1. The first-order valence-corrected chi connectivity index (χ1v) is 9.34. The molecule has 2 aliphatic rings. The summed E-state index contributed by atoms with van der Waals surface area (Å²) in [6.07, 6.45) is 0. The third kappa shape index (κ3) is 3.16. The number of hydrogen-bond donors (Lipinski definition) is 2. The molecule has 8 heteroatoms. The van der Waals surface area contributed by atoms with Crippen LogP contribution in [-0.2, 0) is 14.4 Å². The van der Waals surface area contributed by atoms with Crippen molar-refractivity contribution in [2.24, 2.45) is 0 Å². The average Bonchev–Trinajstić information content (AvgIpc) is 2.58. The molecule has 2 fully saturated rings. The molecule has 1 aromatic carbocycles. The highest BCUT2D eigenvalue weighted by Crippen LogP contribution is 2.39. The van der Waals surface area contributed by atoms with Crippen LogP contribution in [0.5, 0.6) is 0 Å². The van der Waals surface area contributed by atoms with Crippen LogP contribution < -0.4 is 5.32 Å². The minimum Gasteiger partial charge on any atom is -0.479 e. The van der Waals surface area contributed by atoms with Crippen LogP contribution in [0.1, 0.15) is 0 Å². The number of rotatable bonds is 5. The number of carboxylic acids is 1. The molecule has 3 atom stereocenters. The van der Waals surface area contributed by atoms with Gasteiger partial charge in [-0.15, -0.1) is 23.5 Å². The van der Waals surface area contributed by atoms with E-state index >= 15 is 0 Å². The Morgan fingerprint density at radius 1 is 1.38 bits per heavy atom. The van der Waals surface area contributed by atoms with Crippen LogP contribution in [0.4, 0.5) is 0 Å². The highest BCUT2D eigenvalue weighted by molar-refractivity contribution is 8.00. The zero-order valence-electron chi connectivity index (χ0n) is 12.7. The summed E-state index contributed by atoms with van der Waals surface area (Å²) in [5.74, 6) is -1.00. The van der Waals surface area contributed by atoms with Gasteiger partial charge in [0.15, 0.2) is 6.04 Å². The van der Waals surface area contributed by atoms with E-state index < -0.39 is 18.1 Å². The minimum atomic E-state index is -1.08. The Labute approximate surface area is 147 Å². The number of benzene rings is 1. The Kier molecular flexibility index (Phi) is 4.86.